The Labute approximate surface area is 120 Å². The van der Waals surface area contributed by atoms with Crippen molar-refractivity contribution >= 4 is 21.5 Å². The molecule has 0 heterocycles. The number of nitrogens with zero attached hydrogens (tertiary/aromatic N) is 1. The van der Waals surface area contributed by atoms with Crippen LogP contribution in [0.4, 0.5) is 10.1 Å². The molecule has 7 nitrogen and oxygen atoms in total. The first-order chi connectivity index (χ1) is 9.79. The van der Waals surface area contributed by atoms with Crippen LogP contribution in [0.1, 0.15) is 25.7 Å². The van der Waals surface area contributed by atoms with Crippen molar-refractivity contribution in [3.8, 4) is 0 Å². The Morgan fingerprint density at radius 1 is 1.29 bits per heavy atom. The van der Waals surface area contributed by atoms with Crippen LogP contribution in [0.25, 0.3) is 0 Å². The summed E-state index contributed by atoms with van der Waals surface area (Å²) in [6.45, 7) is 0. The molecular formula is C12H13FN2O5S. The lowest BCUT2D eigenvalue weighted by Crippen LogP contribution is -2.37. The second-order valence-corrected chi connectivity index (χ2v) is 6.52. The number of sulfonamides is 1. The highest BCUT2D eigenvalue weighted by Crippen LogP contribution is 2.23. The van der Waals surface area contributed by atoms with Crippen molar-refractivity contribution in [1.29, 1.82) is 0 Å². The molecule has 1 fully saturated rings. The first-order valence-electron chi connectivity index (χ1n) is 6.27. The van der Waals surface area contributed by atoms with Gasteiger partial charge in [0.15, 0.2) is 0 Å². The van der Waals surface area contributed by atoms with Gasteiger partial charge in [0, 0.05) is 24.9 Å². The van der Waals surface area contributed by atoms with E-state index in [1.165, 1.54) is 0 Å². The average molecular weight is 316 g/mol. The second-order valence-electron chi connectivity index (χ2n) is 4.80. The molecule has 2 rings (SSSR count). The van der Waals surface area contributed by atoms with Crippen LogP contribution in [0.3, 0.4) is 0 Å². The van der Waals surface area contributed by atoms with Crippen LogP contribution >= 0.6 is 0 Å². The summed E-state index contributed by atoms with van der Waals surface area (Å²) in [7, 11) is -3.98. The van der Waals surface area contributed by atoms with Gasteiger partial charge in [-0.3, -0.25) is 14.9 Å². The lowest BCUT2D eigenvalue weighted by Gasteiger charge is -2.21. The Balaban J connectivity index is 2.21. The monoisotopic (exact) mass is 316 g/mol. The summed E-state index contributed by atoms with van der Waals surface area (Å²) in [6.07, 6.45) is 1.39. The number of carbonyl (C=O) groups is 1. The molecule has 114 valence electrons. The van der Waals surface area contributed by atoms with Crippen molar-refractivity contribution in [2.75, 3.05) is 0 Å². The molecule has 0 spiro atoms. The Morgan fingerprint density at radius 3 is 2.48 bits per heavy atom. The Morgan fingerprint density at radius 2 is 1.90 bits per heavy atom. The maximum Gasteiger partial charge on any atom is 0.306 e. The van der Waals surface area contributed by atoms with Gasteiger partial charge in [0.1, 0.15) is 5.78 Å². The minimum atomic E-state index is -3.98. The van der Waals surface area contributed by atoms with E-state index in [4.69, 9.17) is 0 Å². The lowest BCUT2D eigenvalue weighted by molar-refractivity contribution is -0.387. The Kier molecular flexibility index (Phi) is 4.33. The minimum absolute atomic E-state index is 0.0860. The van der Waals surface area contributed by atoms with E-state index in [9.17, 15) is 27.7 Å². The van der Waals surface area contributed by atoms with Crippen molar-refractivity contribution in [2.24, 2.45) is 0 Å². The summed E-state index contributed by atoms with van der Waals surface area (Å²) in [6, 6.07) is 2.01. The topological polar surface area (TPSA) is 106 Å². The van der Waals surface area contributed by atoms with Gasteiger partial charge in [0.2, 0.25) is 15.8 Å². The standard InChI is InChI=1S/C12H13FN2O5S/c13-11-6-5-10(7-12(11)15(17)18)21(19,20)14-8-1-3-9(16)4-2-8/h5-8,14H,1-4H2. The van der Waals surface area contributed by atoms with Crippen molar-refractivity contribution in [3.63, 3.8) is 0 Å². The van der Waals surface area contributed by atoms with Crippen LogP contribution < -0.4 is 4.72 Å². The van der Waals surface area contributed by atoms with Crippen molar-refractivity contribution in [3.05, 3.63) is 34.1 Å². The molecule has 0 aliphatic heterocycles. The number of carbonyl (C=O) groups excluding carboxylic acids is 1. The van der Waals surface area contributed by atoms with Crippen LogP contribution in [-0.2, 0) is 14.8 Å². The van der Waals surface area contributed by atoms with E-state index in [0.717, 1.165) is 12.1 Å². The van der Waals surface area contributed by atoms with Crippen LogP contribution in [-0.4, -0.2) is 25.2 Å². The number of benzene rings is 1. The average Bonchev–Trinajstić information content (AvgIpc) is 2.41. The van der Waals surface area contributed by atoms with Gasteiger partial charge in [-0.25, -0.2) is 13.1 Å². The highest BCUT2D eigenvalue weighted by molar-refractivity contribution is 7.89. The zero-order chi connectivity index (χ0) is 15.6. The number of nitro benzene ring substituents is 1. The normalized spacial score (nSPS) is 16.9. The third-order valence-corrected chi connectivity index (χ3v) is 4.81. The zero-order valence-electron chi connectivity index (χ0n) is 10.9. The van der Waals surface area contributed by atoms with Gasteiger partial charge in [0.25, 0.3) is 0 Å². The first-order valence-corrected chi connectivity index (χ1v) is 7.76. The second kappa shape index (κ2) is 5.86. The lowest BCUT2D eigenvalue weighted by atomic mass is 9.95. The van der Waals surface area contributed by atoms with Gasteiger partial charge in [-0.05, 0) is 25.0 Å². The molecule has 9 heteroatoms. The molecule has 0 radical (unpaired) electrons. The van der Waals surface area contributed by atoms with Gasteiger partial charge >= 0.3 is 5.69 Å². The van der Waals surface area contributed by atoms with E-state index in [2.05, 4.69) is 4.72 Å². The van der Waals surface area contributed by atoms with E-state index >= 15 is 0 Å². The summed E-state index contributed by atoms with van der Waals surface area (Å²) in [5.74, 6) is -1.01. The predicted octanol–water partition coefficient (Wildman–Crippen LogP) is 1.52. The van der Waals surface area contributed by atoms with E-state index in [1.54, 1.807) is 0 Å². The molecule has 0 unspecified atom stereocenters. The SMILES string of the molecule is O=C1CCC(NS(=O)(=O)c2ccc(F)c([N+](=O)[O-])c2)CC1. The molecule has 0 atom stereocenters. The molecule has 0 saturated heterocycles. The van der Waals surface area contributed by atoms with Crippen LogP contribution in [0.15, 0.2) is 23.1 Å². The fraction of sp³-hybridized carbons (Fsp3) is 0.417. The number of nitrogens with one attached hydrogen (secondary N) is 1. The predicted molar refractivity (Wildman–Crippen MR) is 70.6 cm³/mol. The van der Waals surface area contributed by atoms with E-state index in [-0.39, 0.29) is 10.7 Å². The Hall–Kier alpha value is -1.87. The molecule has 1 aliphatic carbocycles. The molecule has 1 N–H and O–H groups in total. The maximum atomic E-state index is 13.2. The number of hydrogen-bond acceptors (Lipinski definition) is 5. The summed E-state index contributed by atoms with van der Waals surface area (Å²) in [5, 5.41) is 10.6. The van der Waals surface area contributed by atoms with Crippen molar-refractivity contribution in [1.82, 2.24) is 4.72 Å². The van der Waals surface area contributed by atoms with Crippen molar-refractivity contribution < 1.29 is 22.5 Å². The summed E-state index contributed by atoms with van der Waals surface area (Å²) in [4.78, 5) is 20.4. The van der Waals surface area contributed by atoms with E-state index in [1.807, 2.05) is 0 Å². The van der Waals surface area contributed by atoms with E-state index in [0.29, 0.717) is 31.7 Å². The molecule has 1 saturated carbocycles. The summed E-state index contributed by atoms with van der Waals surface area (Å²) < 4.78 is 39.9. The van der Waals surface area contributed by atoms with Crippen LogP contribution in [0.2, 0.25) is 0 Å². The number of ketones is 1. The molecular weight excluding hydrogens is 303 g/mol. The molecule has 0 amide bonds. The van der Waals surface area contributed by atoms with Gasteiger partial charge in [0.05, 0.1) is 9.82 Å². The number of rotatable bonds is 4. The summed E-state index contributed by atoms with van der Waals surface area (Å²) in [5.41, 5.74) is -0.892. The molecule has 21 heavy (non-hydrogen) atoms. The summed E-state index contributed by atoms with van der Waals surface area (Å²) >= 11 is 0. The number of hydrogen-bond donors (Lipinski definition) is 1. The zero-order valence-corrected chi connectivity index (χ0v) is 11.7. The quantitative estimate of drug-likeness (QED) is 0.669. The van der Waals surface area contributed by atoms with Gasteiger partial charge in [-0.2, -0.15) is 4.39 Å². The van der Waals surface area contributed by atoms with E-state index < -0.39 is 32.5 Å². The highest BCUT2D eigenvalue weighted by atomic mass is 32.2. The fourth-order valence-corrected chi connectivity index (χ4v) is 3.47. The molecule has 1 aromatic rings. The van der Waals surface area contributed by atoms with Gasteiger partial charge in [-0.15, -0.1) is 0 Å². The van der Waals surface area contributed by atoms with Crippen molar-refractivity contribution in [2.45, 2.75) is 36.6 Å². The van der Waals surface area contributed by atoms with Gasteiger partial charge < -0.3 is 0 Å². The van der Waals surface area contributed by atoms with Crippen LogP contribution in [0, 0.1) is 15.9 Å². The molecule has 1 aliphatic rings. The molecule has 0 bridgehead atoms. The maximum absolute atomic E-state index is 13.2. The fourth-order valence-electron chi connectivity index (χ4n) is 2.14. The minimum Gasteiger partial charge on any atom is -0.300 e. The molecule has 0 aromatic heterocycles. The number of halogens is 1. The van der Waals surface area contributed by atoms with Crippen LogP contribution in [0.5, 0.6) is 0 Å². The van der Waals surface area contributed by atoms with Gasteiger partial charge in [-0.1, -0.05) is 0 Å². The number of nitro groups is 1. The highest BCUT2D eigenvalue weighted by Gasteiger charge is 2.26. The largest absolute Gasteiger partial charge is 0.306 e. The Bertz CT molecular complexity index is 679. The number of Topliss-reactive ketones (excluding diaryl/α,β-unsaturated/α-hetero) is 1. The third kappa shape index (κ3) is 3.61. The smallest absolute Gasteiger partial charge is 0.300 e. The first kappa shape index (κ1) is 15.5. The third-order valence-electron chi connectivity index (χ3n) is 3.29. The molecule has 1 aromatic carbocycles.